The van der Waals surface area contributed by atoms with Gasteiger partial charge in [-0.05, 0) is 0 Å². The molecule has 0 unspecified atom stereocenters. The maximum atomic E-state index is 11.6. The van der Waals surface area contributed by atoms with Gasteiger partial charge in [0.15, 0.2) is 0 Å². The highest BCUT2D eigenvalue weighted by atomic mass is 16.5. The van der Waals surface area contributed by atoms with Crippen LogP contribution >= 0.6 is 0 Å². The highest BCUT2D eigenvalue weighted by Crippen LogP contribution is 2.07. The number of hydrogen-bond donors (Lipinski definition) is 1. The minimum Gasteiger partial charge on any atom is -0.481 e. The Hall–Kier alpha value is -2.05. The molecule has 0 amide bonds. The van der Waals surface area contributed by atoms with Crippen molar-refractivity contribution in [2.45, 2.75) is 0 Å². The number of hydrogen-bond acceptors (Lipinski definition) is 5. The molecule has 82 valence electrons. The average molecular weight is 213 g/mol. The van der Waals surface area contributed by atoms with Gasteiger partial charge >= 0.3 is 5.69 Å². The van der Waals surface area contributed by atoms with Crippen molar-refractivity contribution in [1.82, 2.24) is 9.13 Å². The Morgan fingerprint density at radius 1 is 1.33 bits per heavy atom. The lowest BCUT2D eigenvalue weighted by Crippen LogP contribution is -2.39. The summed E-state index contributed by atoms with van der Waals surface area (Å²) in [5.41, 5.74) is -1.07. The number of rotatable bonds is 2. The molecule has 0 aliphatic rings. The molecule has 0 saturated heterocycles. The molecule has 1 rings (SSSR count). The Bertz CT molecular complexity index is 512. The molecule has 0 spiro atoms. The summed E-state index contributed by atoms with van der Waals surface area (Å²) in [6, 6.07) is 0. The van der Waals surface area contributed by atoms with Crippen LogP contribution in [-0.4, -0.2) is 27.7 Å². The monoisotopic (exact) mass is 213 g/mol. The van der Waals surface area contributed by atoms with E-state index >= 15 is 0 Å². The zero-order chi connectivity index (χ0) is 11.6. The van der Waals surface area contributed by atoms with Crippen LogP contribution in [0.25, 0.3) is 0 Å². The zero-order valence-electron chi connectivity index (χ0n) is 8.59. The Balaban J connectivity index is 3.78. The Labute approximate surface area is 84.8 Å². The summed E-state index contributed by atoms with van der Waals surface area (Å²) in [6.45, 7) is 0. The number of oxime groups is 1. The first-order chi connectivity index (χ1) is 7.04. The maximum Gasteiger partial charge on any atom is 0.333 e. The molecule has 0 radical (unpaired) electrons. The quantitative estimate of drug-likeness (QED) is 0.384. The summed E-state index contributed by atoms with van der Waals surface area (Å²) in [4.78, 5) is 23.0. The molecular formula is C8H11N3O4. The molecule has 0 aliphatic carbocycles. The Kier molecular flexibility index (Phi) is 2.93. The summed E-state index contributed by atoms with van der Waals surface area (Å²) < 4.78 is 6.95. The normalized spacial score (nSPS) is 10.9. The van der Waals surface area contributed by atoms with Crippen LogP contribution in [0.3, 0.4) is 0 Å². The van der Waals surface area contributed by atoms with E-state index in [4.69, 9.17) is 9.94 Å². The van der Waals surface area contributed by atoms with Gasteiger partial charge in [0.1, 0.15) is 5.56 Å². The van der Waals surface area contributed by atoms with Crippen LogP contribution in [-0.2, 0) is 14.1 Å². The lowest BCUT2D eigenvalue weighted by Gasteiger charge is -2.10. The molecule has 0 saturated carbocycles. The molecule has 0 aromatic carbocycles. The van der Waals surface area contributed by atoms with Crippen molar-refractivity contribution in [1.29, 1.82) is 0 Å². The molecular weight excluding hydrogens is 202 g/mol. The van der Waals surface area contributed by atoms with E-state index in [0.717, 1.165) is 15.3 Å². The van der Waals surface area contributed by atoms with Gasteiger partial charge in [-0.25, -0.2) is 4.79 Å². The first kappa shape index (κ1) is 11.0. The predicted molar refractivity (Wildman–Crippen MR) is 52.9 cm³/mol. The van der Waals surface area contributed by atoms with Gasteiger partial charge in [-0.1, -0.05) is 5.16 Å². The molecule has 1 aromatic rings. The largest absolute Gasteiger partial charge is 0.481 e. The number of methoxy groups -OCH3 is 1. The van der Waals surface area contributed by atoms with Gasteiger partial charge < -0.3 is 9.94 Å². The van der Waals surface area contributed by atoms with Crippen LogP contribution in [0.5, 0.6) is 5.88 Å². The van der Waals surface area contributed by atoms with Crippen molar-refractivity contribution in [2.75, 3.05) is 7.11 Å². The van der Waals surface area contributed by atoms with Gasteiger partial charge in [-0.2, -0.15) is 0 Å². The average Bonchev–Trinajstić information content (AvgIpc) is 2.24. The number of nitrogens with zero attached hydrogens (tertiary/aromatic N) is 3. The van der Waals surface area contributed by atoms with E-state index in [9.17, 15) is 9.59 Å². The minimum atomic E-state index is -0.576. The van der Waals surface area contributed by atoms with E-state index in [0.29, 0.717) is 0 Å². The molecule has 15 heavy (non-hydrogen) atoms. The van der Waals surface area contributed by atoms with Gasteiger partial charge in [0.25, 0.3) is 5.56 Å². The second kappa shape index (κ2) is 3.99. The third kappa shape index (κ3) is 1.63. The molecule has 1 aromatic heterocycles. The predicted octanol–water partition coefficient (Wildman–Crippen LogP) is -1.10. The highest BCUT2D eigenvalue weighted by Gasteiger charge is 2.14. The van der Waals surface area contributed by atoms with Crippen molar-refractivity contribution >= 4 is 6.21 Å². The molecule has 0 aliphatic heterocycles. The molecule has 0 bridgehead atoms. The lowest BCUT2D eigenvalue weighted by molar-refractivity contribution is 0.320. The van der Waals surface area contributed by atoms with Crippen LogP contribution < -0.4 is 16.0 Å². The summed E-state index contributed by atoms with van der Waals surface area (Å²) in [5, 5.41) is 11.1. The van der Waals surface area contributed by atoms with Crippen LogP contribution in [0.4, 0.5) is 0 Å². The van der Waals surface area contributed by atoms with Crippen LogP contribution in [0.15, 0.2) is 14.7 Å². The van der Waals surface area contributed by atoms with Crippen LogP contribution in [0, 0.1) is 0 Å². The second-order valence-corrected chi connectivity index (χ2v) is 2.87. The molecule has 7 nitrogen and oxygen atoms in total. The molecule has 1 N–H and O–H groups in total. The standard InChI is InChI=1S/C8H11N3O4/c1-10-6(12)5(4-9-14)7(15-3)11(2)8(10)13/h4,14H,1-3H3/b9-4+. The topological polar surface area (TPSA) is 85.8 Å². The lowest BCUT2D eigenvalue weighted by atomic mass is 10.3. The molecule has 1 heterocycles. The van der Waals surface area contributed by atoms with Crippen molar-refractivity contribution in [3.63, 3.8) is 0 Å². The highest BCUT2D eigenvalue weighted by molar-refractivity contribution is 5.81. The smallest absolute Gasteiger partial charge is 0.333 e. The Morgan fingerprint density at radius 3 is 2.40 bits per heavy atom. The van der Waals surface area contributed by atoms with Gasteiger partial charge in [-0.15, -0.1) is 0 Å². The van der Waals surface area contributed by atoms with Crippen LogP contribution in [0.1, 0.15) is 5.56 Å². The summed E-state index contributed by atoms with van der Waals surface area (Å²) in [6.07, 6.45) is 0.931. The summed E-state index contributed by atoms with van der Waals surface area (Å²) in [7, 11) is 4.11. The van der Waals surface area contributed by atoms with Gasteiger partial charge in [0, 0.05) is 14.1 Å². The Morgan fingerprint density at radius 2 is 1.93 bits per heavy atom. The molecule has 0 fully saturated rings. The third-order valence-electron chi connectivity index (χ3n) is 2.02. The maximum absolute atomic E-state index is 11.6. The SMILES string of the molecule is COc1c(/C=N/O)c(=O)n(C)c(=O)n1C. The van der Waals surface area contributed by atoms with E-state index in [1.54, 1.807) is 0 Å². The second-order valence-electron chi connectivity index (χ2n) is 2.87. The zero-order valence-corrected chi connectivity index (χ0v) is 8.59. The van der Waals surface area contributed by atoms with Crippen LogP contribution in [0.2, 0.25) is 0 Å². The number of ether oxygens (including phenoxy) is 1. The molecule has 7 heteroatoms. The van der Waals surface area contributed by atoms with Crippen molar-refractivity contribution in [3.05, 3.63) is 26.4 Å². The fourth-order valence-electron chi connectivity index (χ4n) is 1.27. The van der Waals surface area contributed by atoms with E-state index in [-0.39, 0.29) is 11.4 Å². The van der Waals surface area contributed by atoms with Gasteiger partial charge in [0.2, 0.25) is 5.88 Å². The van der Waals surface area contributed by atoms with E-state index in [1.165, 1.54) is 21.2 Å². The van der Waals surface area contributed by atoms with Crippen molar-refractivity contribution in [2.24, 2.45) is 19.3 Å². The summed E-state index contributed by atoms with van der Waals surface area (Å²) in [5.74, 6) is 0.0564. The van der Waals surface area contributed by atoms with Crippen molar-refractivity contribution < 1.29 is 9.94 Å². The summed E-state index contributed by atoms with van der Waals surface area (Å²) >= 11 is 0. The van der Waals surface area contributed by atoms with E-state index in [2.05, 4.69) is 5.16 Å². The fourth-order valence-corrected chi connectivity index (χ4v) is 1.27. The fraction of sp³-hybridized carbons (Fsp3) is 0.375. The first-order valence-corrected chi connectivity index (χ1v) is 4.06. The number of aromatic nitrogens is 2. The minimum absolute atomic E-state index is 0.0181. The third-order valence-corrected chi connectivity index (χ3v) is 2.02. The van der Waals surface area contributed by atoms with E-state index in [1.807, 2.05) is 0 Å². The van der Waals surface area contributed by atoms with Crippen molar-refractivity contribution in [3.8, 4) is 5.88 Å². The first-order valence-electron chi connectivity index (χ1n) is 4.06. The van der Waals surface area contributed by atoms with E-state index < -0.39 is 11.2 Å². The van der Waals surface area contributed by atoms with Gasteiger partial charge in [-0.3, -0.25) is 13.9 Å². The molecule has 0 atom stereocenters. The van der Waals surface area contributed by atoms with Gasteiger partial charge in [0.05, 0.1) is 13.3 Å².